The van der Waals surface area contributed by atoms with Gasteiger partial charge in [-0.25, -0.2) is 4.79 Å². The number of carbonyl (C=O) groups is 1. The highest BCUT2D eigenvalue weighted by atomic mass is 16.6. The van der Waals surface area contributed by atoms with Crippen molar-refractivity contribution in [1.82, 2.24) is 19.9 Å². The molecule has 0 radical (unpaired) electrons. The van der Waals surface area contributed by atoms with Crippen molar-refractivity contribution in [2.45, 2.75) is 20.4 Å². The van der Waals surface area contributed by atoms with Crippen LogP contribution in [-0.4, -0.2) is 45.7 Å². The Balaban J connectivity index is 1.66. The van der Waals surface area contributed by atoms with Gasteiger partial charge in [0.1, 0.15) is 0 Å². The van der Waals surface area contributed by atoms with Gasteiger partial charge in [0, 0.05) is 31.7 Å². The van der Waals surface area contributed by atoms with E-state index in [2.05, 4.69) is 10.3 Å². The molecule has 1 aromatic rings. The molecule has 1 aliphatic rings. The van der Waals surface area contributed by atoms with Crippen molar-refractivity contribution in [2.75, 3.05) is 19.7 Å². The lowest BCUT2D eigenvalue weighted by Crippen LogP contribution is -2.51. The third-order valence-electron chi connectivity index (χ3n) is 2.67. The van der Waals surface area contributed by atoms with Gasteiger partial charge in [-0.05, 0) is 5.92 Å². The van der Waals surface area contributed by atoms with Crippen LogP contribution in [0.2, 0.25) is 0 Å². The fourth-order valence-corrected chi connectivity index (χ4v) is 1.76. The molecule has 1 aliphatic heterocycles. The third-order valence-corrected chi connectivity index (χ3v) is 2.67. The van der Waals surface area contributed by atoms with Crippen molar-refractivity contribution < 1.29 is 9.53 Å². The number of likely N-dealkylation sites (tertiary alicyclic amines) is 1. The number of amides is 1. The van der Waals surface area contributed by atoms with Crippen molar-refractivity contribution in [1.29, 1.82) is 0 Å². The highest BCUT2D eigenvalue weighted by Crippen LogP contribution is 2.18. The molecule has 1 saturated heterocycles. The standard InChI is InChI=1S/C11H18N4O2/c1-9(2)8-17-11(16)14-5-10(6-14)7-15-4-3-12-13-15/h3-4,9-10H,5-8H2,1-2H3. The van der Waals surface area contributed by atoms with Crippen LogP contribution in [0.15, 0.2) is 12.4 Å². The molecule has 0 spiro atoms. The number of hydrogen-bond donors (Lipinski definition) is 0. The summed E-state index contributed by atoms with van der Waals surface area (Å²) in [4.78, 5) is 13.3. The molecule has 17 heavy (non-hydrogen) atoms. The van der Waals surface area contributed by atoms with E-state index in [1.54, 1.807) is 15.8 Å². The number of rotatable bonds is 4. The lowest BCUT2D eigenvalue weighted by molar-refractivity contribution is 0.0418. The number of ether oxygens (including phenoxy) is 1. The molecule has 0 atom stereocenters. The van der Waals surface area contributed by atoms with E-state index in [0.717, 1.165) is 19.6 Å². The van der Waals surface area contributed by atoms with Crippen molar-refractivity contribution >= 4 is 6.09 Å². The van der Waals surface area contributed by atoms with Crippen molar-refractivity contribution in [3.63, 3.8) is 0 Å². The summed E-state index contributed by atoms with van der Waals surface area (Å²) < 4.78 is 6.94. The molecule has 6 heteroatoms. The third kappa shape index (κ3) is 3.18. The molecule has 0 saturated carbocycles. The van der Waals surface area contributed by atoms with E-state index in [4.69, 9.17) is 4.74 Å². The summed E-state index contributed by atoms with van der Waals surface area (Å²) in [5.41, 5.74) is 0. The van der Waals surface area contributed by atoms with Crippen LogP contribution in [0.4, 0.5) is 4.79 Å². The van der Waals surface area contributed by atoms with E-state index in [1.807, 2.05) is 20.0 Å². The van der Waals surface area contributed by atoms with Gasteiger partial charge in [0.15, 0.2) is 0 Å². The first kappa shape index (κ1) is 11.9. The van der Waals surface area contributed by atoms with Crippen LogP contribution < -0.4 is 0 Å². The maximum Gasteiger partial charge on any atom is 0.409 e. The largest absolute Gasteiger partial charge is 0.449 e. The Morgan fingerprint density at radius 1 is 1.53 bits per heavy atom. The SMILES string of the molecule is CC(C)COC(=O)N1CC(Cn2ccnn2)C1. The summed E-state index contributed by atoms with van der Waals surface area (Å²) in [6.45, 7) is 6.85. The second kappa shape index (κ2) is 5.16. The molecule has 2 heterocycles. The van der Waals surface area contributed by atoms with Crippen LogP contribution >= 0.6 is 0 Å². The predicted octanol–water partition coefficient (Wildman–Crippen LogP) is 1.00. The Labute approximate surface area is 101 Å². The second-order valence-electron chi connectivity index (χ2n) is 4.87. The normalized spacial score (nSPS) is 16.1. The van der Waals surface area contributed by atoms with Gasteiger partial charge >= 0.3 is 6.09 Å². The fourth-order valence-electron chi connectivity index (χ4n) is 1.76. The van der Waals surface area contributed by atoms with Gasteiger partial charge in [-0.2, -0.15) is 0 Å². The molecule has 6 nitrogen and oxygen atoms in total. The summed E-state index contributed by atoms with van der Waals surface area (Å²) in [5, 5.41) is 7.64. The lowest BCUT2D eigenvalue weighted by atomic mass is 10.0. The Bertz CT molecular complexity index is 358. The maximum absolute atomic E-state index is 11.5. The summed E-state index contributed by atoms with van der Waals surface area (Å²) in [5.74, 6) is 0.842. The van der Waals surface area contributed by atoms with E-state index >= 15 is 0 Å². The quantitative estimate of drug-likeness (QED) is 0.785. The van der Waals surface area contributed by atoms with Gasteiger partial charge in [0.25, 0.3) is 0 Å². The van der Waals surface area contributed by atoms with Gasteiger partial charge in [-0.15, -0.1) is 5.10 Å². The smallest absolute Gasteiger partial charge is 0.409 e. The second-order valence-corrected chi connectivity index (χ2v) is 4.87. The van der Waals surface area contributed by atoms with Gasteiger partial charge in [0.2, 0.25) is 0 Å². The van der Waals surface area contributed by atoms with E-state index in [1.165, 1.54) is 0 Å². The monoisotopic (exact) mass is 238 g/mol. The van der Waals surface area contributed by atoms with Crippen molar-refractivity contribution in [3.8, 4) is 0 Å². The Morgan fingerprint density at radius 2 is 2.29 bits per heavy atom. The van der Waals surface area contributed by atoms with Crippen LogP contribution in [0.25, 0.3) is 0 Å². The molecule has 1 amide bonds. The van der Waals surface area contributed by atoms with E-state index in [9.17, 15) is 4.79 Å². The first-order valence-corrected chi connectivity index (χ1v) is 5.91. The number of carbonyl (C=O) groups excluding carboxylic acids is 1. The highest BCUT2D eigenvalue weighted by Gasteiger charge is 2.32. The van der Waals surface area contributed by atoms with Crippen LogP contribution in [0.1, 0.15) is 13.8 Å². The zero-order valence-electron chi connectivity index (χ0n) is 10.2. The highest BCUT2D eigenvalue weighted by molar-refractivity contribution is 5.68. The summed E-state index contributed by atoms with van der Waals surface area (Å²) in [6, 6.07) is 0. The lowest BCUT2D eigenvalue weighted by Gasteiger charge is -2.38. The fraction of sp³-hybridized carbons (Fsp3) is 0.727. The number of aromatic nitrogens is 3. The maximum atomic E-state index is 11.5. The zero-order valence-corrected chi connectivity index (χ0v) is 10.2. The van der Waals surface area contributed by atoms with Crippen LogP contribution in [0.5, 0.6) is 0 Å². The molecule has 0 unspecified atom stereocenters. The average Bonchev–Trinajstić information content (AvgIpc) is 2.72. The molecule has 0 aliphatic carbocycles. The van der Waals surface area contributed by atoms with Crippen molar-refractivity contribution in [2.24, 2.45) is 11.8 Å². The molecule has 2 rings (SSSR count). The van der Waals surface area contributed by atoms with Crippen LogP contribution in [0, 0.1) is 11.8 Å². The zero-order chi connectivity index (χ0) is 12.3. The molecule has 1 aromatic heterocycles. The average molecular weight is 238 g/mol. The molecule has 0 bridgehead atoms. The molecule has 1 fully saturated rings. The molecular weight excluding hydrogens is 220 g/mol. The van der Waals surface area contributed by atoms with Gasteiger partial charge in [-0.1, -0.05) is 19.1 Å². The first-order valence-electron chi connectivity index (χ1n) is 5.91. The van der Waals surface area contributed by atoms with Gasteiger partial charge in [-0.3, -0.25) is 4.68 Å². The minimum atomic E-state index is -0.200. The summed E-state index contributed by atoms with van der Waals surface area (Å²) in [6.07, 6.45) is 3.29. The van der Waals surface area contributed by atoms with Crippen LogP contribution in [0.3, 0.4) is 0 Å². The van der Waals surface area contributed by atoms with Crippen LogP contribution in [-0.2, 0) is 11.3 Å². The summed E-state index contributed by atoms with van der Waals surface area (Å²) >= 11 is 0. The molecule has 0 aromatic carbocycles. The Hall–Kier alpha value is -1.59. The molecular formula is C11H18N4O2. The Kier molecular flexibility index (Phi) is 3.61. The number of hydrogen-bond acceptors (Lipinski definition) is 4. The molecule has 94 valence electrons. The van der Waals surface area contributed by atoms with E-state index in [-0.39, 0.29) is 6.09 Å². The minimum absolute atomic E-state index is 0.200. The van der Waals surface area contributed by atoms with E-state index < -0.39 is 0 Å². The first-order chi connectivity index (χ1) is 8.15. The Morgan fingerprint density at radius 3 is 2.88 bits per heavy atom. The van der Waals surface area contributed by atoms with Gasteiger partial charge in [0.05, 0.1) is 12.8 Å². The van der Waals surface area contributed by atoms with Crippen molar-refractivity contribution in [3.05, 3.63) is 12.4 Å². The van der Waals surface area contributed by atoms with E-state index in [0.29, 0.717) is 18.4 Å². The van der Waals surface area contributed by atoms with Gasteiger partial charge < -0.3 is 9.64 Å². The topological polar surface area (TPSA) is 60.2 Å². The predicted molar refractivity (Wildman–Crippen MR) is 61.3 cm³/mol. The summed E-state index contributed by atoms with van der Waals surface area (Å²) in [7, 11) is 0. The minimum Gasteiger partial charge on any atom is -0.449 e. The molecule has 0 N–H and O–H groups in total. The number of nitrogens with zero attached hydrogens (tertiary/aromatic N) is 4.